The lowest BCUT2D eigenvalue weighted by molar-refractivity contribution is -0.137. The second-order valence-corrected chi connectivity index (χ2v) is 10.2. The number of hydrogen-bond donors (Lipinski definition) is 2. The van der Waals surface area contributed by atoms with E-state index in [1.54, 1.807) is 12.1 Å². The van der Waals surface area contributed by atoms with Crippen molar-refractivity contribution in [3.63, 3.8) is 0 Å². The number of carbonyl (C=O) groups excluding carboxylic acids is 1. The maximum atomic E-state index is 12.9. The fourth-order valence-corrected chi connectivity index (χ4v) is 4.06. The molecule has 33 heavy (non-hydrogen) atoms. The molecular weight excluding hydrogens is 453 g/mol. The zero-order valence-electron chi connectivity index (χ0n) is 18.2. The largest absolute Gasteiger partial charge is 0.416 e. The first kappa shape index (κ1) is 24.3. The smallest absolute Gasteiger partial charge is 0.322 e. The number of alkyl halides is 3. The maximum absolute atomic E-state index is 12.9. The predicted molar refractivity (Wildman–Crippen MR) is 122 cm³/mol. The Kier molecular flexibility index (Phi) is 6.56. The summed E-state index contributed by atoms with van der Waals surface area (Å²) in [5, 5.41) is 2.69. The number of hydrogen-bond acceptors (Lipinski definition) is 3. The van der Waals surface area contributed by atoms with Crippen molar-refractivity contribution in [1.29, 1.82) is 0 Å². The highest BCUT2D eigenvalue weighted by Gasteiger charge is 2.30. The molecule has 0 aliphatic heterocycles. The van der Waals surface area contributed by atoms with Crippen molar-refractivity contribution in [3.05, 3.63) is 89.5 Å². The van der Waals surface area contributed by atoms with Crippen LogP contribution in [0.2, 0.25) is 0 Å². The van der Waals surface area contributed by atoms with E-state index in [0.29, 0.717) is 11.3 Å². The van der Waals surface area contributed by atoms with Gasteiger partial charge in [-0.3, -0.25) is 9.52 Å². The van der Waals surface area contributed by atoms with Gasteiger partial charge in [0, 0.05) is 16.9 Å². The van der Waals surface area contributed by atoms with Gasteiger partial charge in [-0.2, -0.15) is 13.2 Å². The topological polar surface area (TPSA) is 75.3 Å². The number of anilines is 2. The van der Waals surface area contributed by atoms with Crippen LogP contribution in [0.4, 0.5) is 24.5 Å². The van der Waals surface area contributed by atoms with E-state index in [0.717, 1.165) is 23.8 Å². The number of halogens is 3. The summed E-state index contributed by atoms with van der Waals surface area (Å²) in [6.45, 7) is 6.21. The fourth-order valence-electron chi connectivity index (χ4n) is 3.02. The minimum Gasteiger partial charge on any atom is -0.322 e. The maximum Gasteiger partial charge on any atom is 0.416 e. The Morgan fingerprint density at radius 2 is 1.39 bits per heavy atom. The van der Waals surface area contributed by atoms with Gasteiger partial charge in [-0.1, -0.05) is 39.0 Å². The SMILES string of the molecule is CC(C)(C)c1ccc(C(=O)Nc2ccc(S(=O)(=O)Nc3cccc(C(F)(F)F)c3)cc2)cc1. The minimum atomic E-state index is -4.59. The molecule has 9 heteroatoms. The monoisotopic (exact) mass is 476 g/mol. The molecule has 0 unspecified atom stereocenters. The van der Waals surface area contributed by atoms with Gasteiger partial charge >= 0.3 is 6.18 Å². The highest BCUT2D eigenvalue weighted by atomic mass is 32.2. The van der Waals surface area contributed by atoms with Crippen LogP contribution in [0.15, 0.2) is 77.7 Å². The van der Waals surface area contributed by atoms with Gasteiger partial charge in [-0.05, 0) is 65.6 Å². The first-order valence-corrected chi connectivity index (χ1v) is 11.5. The highest BCUT2D eigenvalue weighted by Crippen LogP contribution is 2.31. The van der Waals surface area contributed by atoms with Crippen LogP contribution in [0.3, 0.4) is 0 Å². The quantitative estimate of drug-likeness (QED) is 0.470. The Bertz CT molecular complexity index is 1250. The van der Waals surface area contributed by atoms with Crippen molar-refractivity contribution in [1.82, 2.24) is 0 Å². The van der Waals surface area contributed by atoms with Gasteiger partial charge in [0.05, 0.1) is 10.5 Å². The minimum absolute atomic E-state index is 0.0432. The van der Waals surface area contributed by atoms with Crippen LogP contribution < -0.4 is 10.0 Å². The van der Waals surface area contributed by atoms with Crippen molar-refractivity contribution in [2.45, 2.75) is 37.3 Å². The molecule has 2 N–H and O–H groups in total. The molecule has 0 fully saturated rings. The molecule has 0 aliphatic rings. The molecular formula is C24H23F3N2O3S. The first-order chi connectivity index (χ1) is 15.3. The van der Waals surface area contributed by atoms with Gasteiger partial charge in [0.25, 0.3) is 15.9 Å². The Balaban J connectivity index is 1.71. The Labute approximate surface area is 190 Å². The van der Waals surface area contributed by atoms with Crippen LogP contribution >= 0.6 is 0 Å². The van der Waals surface area contributed by atoms with Crippen molar-refractivity contribution in [2.24, 2.45) is 0 Å². The van der Waals surface area contributed by atoms with Gasteiger partial charge in [0.2, 0.25) is 0 Å². The van der Waals surface area contributed by atoms with Crippen LogP contribution in [0.25, 0.3) is 0 Å². The molecule has 5 nitrogen and oxygen atoms in total. The van der Waals surface area contributed by atoms with Gasteiger partial charge < -0.3 is 5.32 Å². The summed E-state index contributed by atoms with van der Waals surface area (Å²) in [5.41, 5.74) is 0.696. The number of nitrogens with one attached hydrogen (secondary N) is 2. The number of amides is 1. The lowest BCUT2D eigenvalue weighted by Gasteiger charge is -2.19. The first-order valence-electron chi connectivity index (χ1n) is 9.98. The molecule has 0 atom stereocenters. The molecule has 3 rings (SSSR count). The van der Waals surface area contributed by atoms with E-state index in [9.17, 15) is 26.4 Å². The third kappa shape index (κ3) is 6.13. The summed E-state index contributed by atoms with van der Waals surface area (Å²) in [5.74, 6) is -0.354. The average molecular weight is 477 g/mol. The number of rotatable bonds is 5. The third-order valence-corrected chi connectivity index (χ3v) is 6.27. The van der Waals surface area contributed by atoms with E-state index < -0.39 is 21.8 Å². The molecule has 0 saturated heterocycles. The lowest BCUT2D eigenvalue weighted by Crippen LogP contribution is -2.15. The van der Waals surface area contributed by atoms with Crippen molar-refractivity contribution < 1.29 is 26.4 Å². The van der Waals surface area contributed by atoms with Gasteiger partial charge in [0.15, 0.2) is 0 Å². The second kappa shape index (κ2) is 8.90. The number of benzene rings is 3. The molecule has 0 heterocycles. The zero-order valence-corrected chi connectivity index (χ0v) is 19.0. The molecule has 0 radical (unpaired) electrons. The van der Waals surface area contributed by atoms with Crippen LogP contribution in [0.5, 0.6) is 0 Å². The molecule has 3 aromatic rings. The molecule has 0 aromatic heterocycles. The third-order valence-electron chi connectivity index (χ3n) is 4.88. The van der Waals surface area contributed by atoms with E-state index in [2.05, 4.69) is 30.8 Å². The Morgan fingerprint density at radius 1 is 0.788 bits per heavy atom. The summed E-state index contributed by atoms with van der Waals surface area (Å²) < 4.78 is 65.8. The van der Waals surface area contributed by atoms with Gasteiger partial charge in [-0.15, -0.1) is 0 Å². The van der Waals surface area contributed by atoms with E-state index >= 15 is 0 Å². The summed E-state index contributed by atoms with van der Waals surface area (Å²) in [4.78, 5) is 12.3. The van der Waals surface area contributed by atoms with Crippen LogP contribution in [0.1, 0.15) is 42.3 Å². The van der Waals surface area contributed by atoms with E-state index in [1.807, 2.05) is 12.1 Å². The molecule has 0 spiro atoms. The van der Waals surface area contributed by atoms with Crippen LogP contribution in [0, 0.1) is 0 Å². The number of sulfonamides is 1. The predicted octanol–water partition coefficient (Wildman–Crippen LogP) is 6.06. The summed E-state index contributed by atoms with van der Waals surface area (Å²) in [6.07, 6.45) is -4.59. The normalized spacial score (nSPS) is 12.3. The van der Waals surface area contributed by atoms with Crippen molar-refractivity contribution in [2.75, 3.05) is 10.0 Å². The van der Waals surface area contributed by atoms with Crippen LogP contribution in [-0.2, 0) is 21.6 Å². The van der Waals surface area contributed by atoms with Gasteiger partial charge in [0.1, 0.15) is 0 Å². The average Bonchev–Trinajstić information content (AvgIpc) is 2.73. The summed E-state index contributed by atoms with van der Waals surface area (Å²) >= 11 is 0. The van der Waals surface area contributed by atoms with Crippen LogP contribution in [-0.4, -0.2) is 14.3 Å². The molecule has 174 valence electrons. The molecule has 0 aliphatic carbocycles. The van der Waals surface area contributed by atoms with Crippen molar-refractivity contribution in [3.8, 4) is 0 Å². The Morgan fingerprint density at radius 3 is 1.94 bits per heavy atom. The lowest BCUT2D eigenvalue weighted by atomic mass is 9.87. The standard InChI is InChI=1S/C24H23F3N2O3S/c1-23(2,3)17-9-7-16(8-10-17)22(30)28-19-11-13-21(14-12-19)33(31,32)29-20-6-4-5-18(15-20)24(25,26)27/h4-15,29H,1-3H3,(H,28,30). The van der Waals surface area contributed by atoms with Crippen molar-refractivity contribution >= 4 is 27.3 Å². The summed E-state index contributed by atoms with van der Waals surface area (Å²) in [6, 6.07) is 16.4. The molecule has 0 saturated carbocycles. The molecule has 3 aromatic carbocycles. The Hall–Kier alpha value is -3.33. The second-order valence-electron chi connectivity index (χ2n) is 8.49. The summed E-state index contributed by atoms with van der Waals surface area (Å²) in [7, 11) is -4.12. The van der Waals surface area contributed by atoms with E-state index in [1.165, 1.54) is 30.3 Å². The van der Waals surface area contributed by atoms with Gasteiger partial charge in [-0.25, -0.2) is 8.42 Å². The molecule has 0 bridgehead atoms. The fraction of sp³-hybridized carbons (Fsp3) is 0.208. The highest BCUT2D eigenvalue weighted by molar-refractivity contribution is 7.92. The zero-order chi connectivity index (χ0) is 24.4. The molecule has 1 amide bonds. The van der Waals surface area contributed by atoms with E-state index in [4.69, 9.17) is 0 Å². The number of carbonyl (C=O) groups is 1. The van der Waals surface area contributed by atoms with E-state index in [-0.39, 0.29) is 21.9 Å².